The molecule has 4 rings (SSSR count). The van der Waals surface area contributed by atoms with Gasteiger partial charge in [-0.1, -0.05) is 83.9 Å². The summed E-state index contributed by atoms with van der Waals surface area (Å²) in [5.74, 6) is 0. The minimum Gasteiger partial charge on any atom is -0.299 e. The van der Waals surface area contributed by atoms with Crippen LogP contribution in [0.3, 0.4) is 0 Å². The first kappa shape index (κ1) is 25.6. The maximum Gasteiger partial charge on any atom is 0.416 e. The molecule has 174 valence electrons. The van der Waals surface area contributed by atoms with Gasteiger partial charge in [-0.2, -0.15) is 13.2 Å². The second-order valence-electron chi connectivity index (χ2n) is 7.87. The predicted octanol–water partition coefficient (Wildman–Crippen LogP) is 8.43. The predicted molar refractivity (Wildman–Crippen MR) is 133 cm³/mol. The third kappa shape index (κ3) is 6.13. The van der Waals surface area contributed by atoms with Gasteiger partial charge in [0.05, 0.1) is 15.6 Å². The molecule has 0 saturated carbocycles. The van der Waals surface area contributed by atoms with Crippen LogP contribution in [-0.2, 0) is 12.6 Å². The smallest absolute Gasteiger partial charge is 0.299 e. The van der Waals surface area contributed by atoms with E-state index in [-0.39, 0.29) is 12.4 Å². The van der Waals surface area contributed by atoms with E-state index in [9.17, 15) is 13.2 Å². The standard InChI is InChI=1S/C26H22Cl2F3N.ClH/c27-24-20(9-10-23(25(24)28)19-5-2-1-3-6-19)13-16-32-14-11-18(12-15-32)21-7-4-8-22(17-21)26(29,30)31;/h1-11,17H,12-16H2;1H. The van der Waals surface area contributed by atoms with Crippen molar-refractivity contribution in [2.75, 3.05) is 19.6 Å². The molecule has 0 atom stereocenters. The summed E-state index contributed by atoms with van der Waals surface area (Å²) in [6.45, 7) is 2.28. The number of alkyl halides is 3. The first-order valence-electron chi connectivity index (χ1n) is 10.4. The van der Waals surface area contributed by atoms with Crippen LogP contribution in [-0.4, -0.2) is 24.5 Å². The molecule has 0 aliphatic carbocycles. The Morgan fingerprint density at radius 2 is 1.58 bits per heavy atom. The number of nitrogens with zero attached hydrogens (tertiary/aromatic N) is 1. The highest BCUT2D eigenvalue weighted by molar-refractivity contribution is 6.44. The molecule has 0 spiro atoms. The number of halogens is 6. The first-order valence-corrected chi connectivity index (χ1v) is 11.2. The van der Waals surface area contributed by atoms with Gasteiger partial charge in [-0.3, -0.25) is 4.90 Å². The van der Waals surface area contributed by atoms with Gasteiger partial charge in [-0.15, -0.1) is 12.4 Å². The molecule has 1 aliphatic heterocycles. The molecule has 3 aromatic carbocycles. The van der Waals surface area contributed by atoms with Crippen molar-refractivity contribution in [2.24, 2.45) is 0 Å². The van der Waals surface area contributed by atoms with Crippen LogP contribution in [0.15, 0.2) is 72.8 Å². The van der Waals surface area contributed by atoms with E-state index in [2.05, 4.69) is 4.90 Å². The molecule has 0 aromatic heterocycles. The maximum atomic E-state index is 13.0. The Morgan fingerprint density at radius 3 is 2.24 bits per heavy atom. The Balaban J connectivity index is 0.00000306. The summed E-state index contributed by atoms with van der Waals surface area (Å²) in [5, 5.41) is 1.13. The molecular weight excluding hydrogens is 490 g/mol. The van der Waals surface area contributed by atoms with E-state index < -0.39 is 11.7 Å². The summed E-state index contributed by atoms with van der Waals surface area (Å²) >= 11 is 13.1. The Hall–Kier alpha value is -1.98. The molecule has 0 radical (unpaired) electrons. The van der Waals surface area contributed by atoms with Gasteiger partial charge in [0.25, 0.3) is 0 Å². The van der Waals surface area contributed by atoms with Crippen LogP contribution in [0.4, 0.5) is 13.2 Å². The van der Waals surface area contributed by atoms with Crippen LogP contribution in [0.1, 0.15) is 23.1 Å². The van der Waals surface area contributed by atoms with Gasteiger partial charge in [0.2, 0.25) is 0 Å². The Bertz CT molecular complexity index is 1130. The monoisotopic (exact) mass is 511 g/mol. The second kappa shape index (κ2) is 11.0. The van der Waals surface area contributed by atoms with Gasteiger partial charge in [-0.05, 0) is 47.2 Å². The third-order valence-electron chi connectivity index (χ3n) is 5.80. The molecule has 1 heterocycles. The Labute approximate surface area is 208 Å². The van der Waals surface area contributed by atoms with Gasteiger partial charge >= 0.3 is 6.18 Å². The van der Waals surface area contributed by atoms with Crippen molar-refractivity contribution in [1.82, 2.24) is 4.90 Å². The lowest BCUT2D eigenvalue weighted by Gasteiger charge is -2.27. The topological polar surface area (TPSA) is 3.24 Å². The summed E-state index contributed by atoms with van der Waals surface area (Å²) in [6, 6.07) is 19.5. The van der Waals surface area contributed by atoms with E-state index in [1.165, 1.54) is 12.1 Å². The number of benzene rings is 3. The molecule has 0 N–H and O–H groups in total. The number of rotatable bonds is 5. The highest BCUT2D eigenvalue weighted by atomic mass is 35.5. The average molecular weight is 513 g/mol. The highest BCUT2D eigenvalue weighted by Crippen LogP contribution is 2.36. The van der Waals surface area contributed by atoms with E-state index >= 15 is 0 Å². The van der Waals surface area contributed by atoms with Crippen LogP contribution >= 0.6 is 35.6 Å². The first-order chi connectivity index (χ1) is 15.3. The van der Waals surface area contributed by atoms with Crippen molar-refractivity contribution in [2.45, 2.75) is 19.0 Å². The molecule has 0 unspecified atom stereocenters. The molecule has 1 nitrogen and oxygen atoms in total. The molecule has 1 aliphatic rings. The SMILES string of the molecule is Cl.FC(F)(F)c1cccc(C2=CCN(CCc3ccc(-c4ccccc4)c(Cl)c3Cl)CC2)c1. The van der Waals surface area contributed by atoms with Crippen molar-refractivity contribution in [3.8, 4) is 11.1 Å². The van der Waals surface area contributed by atoms with Crippen molar-refractivity contribution in [3.63, 3.8) is 0 Å². The zero-order valence-electron chi connectivity index (χ0n) is 17.7. The van der Waals surface area contributed by atoms with Gasteiger partial charge < -0.3 is 0 Å². The normalized spacial score (nSPS) is 14.5. The summed E-state index contributed by atoms with van der Waals surface area (Å²) in [5.41, 5.74) is 3.92. The number of hydrogen-bond acceptors (Lipinski definition) is 1. The lowest BCUT2D eigenvalue weighted by atomic mass is 9.97. The zero-order chi connectivity index (χ0) is 22.7. The second-order valence-corrected chi connectivity index (χ2v) is 8.63. The summed E-state index contributed by atoms with van der Waals surface area (Å²) in [6.07, 6.45) is -0.844. The van der Waals surface area contributed by atoms with E-state index in [0.717, 1.165) is 47.8 Å². The van der Waals surface area contributed by atoms with Crippen LogP contribution in [0.25, 0.3) is 16.7 Å². The molecule has 33 heavy (non-hydrogen) atoms. The minimum atomic E-state index is -4.33. The van der Waals surface area contributed by atoms with Crippen molar-refractivity contribution in [3.05, 3.63) is 99.5 Å². The van der Waals surface area contributed by atoms with E-state index in [1.807, 2.05) is 48.5 Å². The Morgan fingerprint density at radius 1 is 0.848 bits per heavy atom. The van der Waals surface area contributed by atoms with Crippen LogP contribution < -0.4 is 0 Å². The van der Waals surface area contributed by atoms with Gasteiger partial charge in [0, 0.05) is 25.2 Å². The van der Waals surface area contributed by atoms with Crippen LogP contribution in [0.2, 0.25) is 10.0 Å². The minimum absolute atomic E-state index is 0. The summed E-state index contributed by atoms with van der Waals surface area (Å²) < 4.78 is 39.0. The molecule has 7 heteroatoms. The third-order valence-corrected chi connectivity index (χ3v) is 6.72. The summed E-state index contributed by atoms with van der Waals surface area (Å²) in [7, 11) is 0. The van der Waals surface area contributed by atoms with Gasteiger partial charge in [0.1, 0.15) is 0 Å². The average Bonchev–Trinajstić information content (AvgIpc) is 2.80. The van der Waals surface area contributed by atoms with Crippen molar-refractivity contribution >= 4 is 41.2 Å². The molecule has 0 saturated heterocycles. The molecule has 0 amide bonds. The largest absolute Gasteiger partial charge is 0.416 e. The van der Waals surface area contributed by atoms with Gasteiger partial charge in [0.15, 0.2) is 0 Å². The van der Waals surface area contributed by atoms with Crippen LogP contribution in [0.5, 0.6) is 0 Å². The summed E-state index contributed by atoms with van der Waals surface area (Å²) in [4.78, 5) is 2.27. The number of hydrogen-bond donors (Lipinski definition) is 0. The molecule has 3 aromatic rings. The van der Waals surface area contributed by atoms with Crippen molar-refractivity contribution < 1.29 is 13.2 Å². The zero-order valence-corrected chi connectivity index (χ0v) is 20.0. The lowest BCUT2D eigenvalue weighted by Crippen LogP contribution is -2.30. The fourth-order valence-electron chi connectivity index (χ4n) is 3.97. The van der Waals surface area contributed by atoms with Gasteiger partial charge in [-0.25, -0.2) is 0 Å². The lowest BCUT2D eigenvalue weighted by molar-refractivity contribution is -0.137. The molecule has 0 bridgehead atoms. The van der Waals surface area contributed by atoms with E-state index in [0.29, 0.717) is 28.6 Å². The van der Waals surface area contributed by atoms with Crippen molar-refractivity contribution in [1.29, 1.82) is 0 Å². The molecular formula is C26H23Cl3F3N. The van der Waals surface area contributed by atoms with E-state index in [4.69, 9.17) is 23.2 Å². The fraction of sp³-hybridized carbons (Fsp3) is 0.231. The molecule has 0 fully saturated rings. The van der Waals surface area contributed by atoms with E-state index in [1.54, 1.807) is 6.07 Å². The quantitative estimate of drug-likeness (QED) is 0.331. The maximum absolute atomic E-state index is 13.0. The van der Waals surface area contributed by atoms with Crippen LogP contribution in [0, 0.1) is 0 Å². The Kier molecular flexibility index (Phi) is 8.52. The fourth-order valence-corrected chi connectivity index (χ4v) is 4.53. The highest BCUT2D eigenvalue weighted by Gasteiger charge is 2.30.